The predicted octanol–water partition coefficient (Wildman–Crippen LogP) is 3.93. The molecule has 1 heterocycles. The average Bonchev–Trinajstić information content (AvgIpc) is 2.49. The molecule has 0 aliphatic rings. The quantitative estimate of drug-likeness (QED) is 0.791. The van der Waals surface area contributed by atoms with Gasteiger partial charge in [0.05, 0.1) is 0 Å². The standard InChI is InChI=1S/C17H15FN2O/c1-11-5-7-13-3-2-4-16(17(13)20-11)21-15-8-6-12(10-19)9-14(15)18/h2-9H,10,19H2,1H3. The van der Waals surface area contributed by atoms with Gasteiger partial charge in [0.1, 0.15) is 5.52 Å². The van der Waals surface area contributed by atoms with Crippen molar-refractivity contribution in [2.45, 2.75) is 13.5 Å². The zero-order chi connectivity index (χ0) is 14.8. The Morgan fingerprint density at radius 3 is 2.71 bits per heavy atom. The number of hydrogen-bond donors (Lipinski definition) is 1. The summed E-state index contributed by atoms with van der Waals surface area (Å²) in [5, 5.41) is 0.956. The van der Waals surface area contributed by atoms with Gasteiger partial charge >= 0.3 is 0 Å². The van der Waals surface area contributed by atoms with Gasteiger partial charge in [0.15, 0.2) is 17.3 Å². The SMILES string of the molecule is Cc1ccc2cccc(Oc3ccc(CN)cc3F)c2n1. The van der Waals surface area contributed by atoms with Crippen molar-refractivity contribution in [2.24, 2.45) is 5.73 Å². The molecule has 3 nitrogen and oxygen atoms in total. The second-order valence-electron chi connectivity index (χ2n) is 4.85. The Balaban J connectivity index is 2.04. The summed E-state index contributed by atoms with van der Waals surface area (Å²) in [5.74, 6) is 0.279. The summed E-state index contributed by atoms with van der Waals surface area (Å²) in [6.07, 6.45) is 0. The monoisotopic (exact) mass is 282 g/mol. The Kier molecular flexibility index (Phi) is 3.54. The van der Waals surface area contributed by atoms with Crippen LogP contribution < -0.4 is 10.5 Å². The van der Waals surface area contributed by atoms with Gasteiger partial charge in [-0.05, 0) is 36.8 Å². The molecular formula is C17H15FN2O. The molecule has 21 heavy (non-hydrogen) atoms. The molecule has 0 saturated carbocycles. The van der Waals surface area contributed by atoms with E-state index >= 15 is 0 Å². The third kappa shape index (κ3) is 2.71. The highest BCUT2D eigenvalue weighted by Gasteiger charge is 2.09. The minimum Gasteiger partial charge on any atom is -0.452 e. The summed E-state index contributed by atoms with van der Waals surface area (Å²) in [6.45, 7) is 2.21. The topological polar surface area (TPSA) is 48.1 Å². The fourth-order valence-electron chi connectivity index (χ4n) is 2.17. The molecule has 0 radical (unpaired) electrons. The van der Waals surface area contributed by atoms with Gasteiger partial charge in [0.2, 0.25) is 0 Å². The number of fused-ring (bicyclic) bond motifs is 1. The summed E-state index contributed by atoms with van der Waals surface area (Å²) in [4.78, 5) is 4.47. The maximum atomic E-state index is 14.0. The maximum absolute atomic E-state index is 14.0. The molecule has 0 bridgehead atoms. The zero-order valence-electron chi connectivity index (χ0n) is 11.6. The lowest BCUT2D eigenvalue weighted by molar-refractivity contribution is 0.445. The fourth-order valence-corrected chi connectivity index (χ4v) is 2.17. The van der Waals surface area contributed by atoms with Crippen molar-refractivity contribution < 1.29 is 9.13 Å². The van der Waals surface area contributed by atoms with E-state index in [1.54, 1.807) is 18.2 Å². The third-order valence-corrected chi connectivity index (χ3v) is 3.27. The molecule has 0 spiro atoms. The van der Waals surface area contributed by atoms with E-state index < -0.39 is 5.82 Å². The van der Waals surface area contributed by atoms with E-state index in [1.165, 1.54) is 6.07 Å². The molecule has 0 aliphatic carbocycles. The number of aromatic nitrogens is 1. The number of aryl methyl sites for hydroxylation is 1. The van der Waals surface area contributed by atoms with Crippen molar-refractivity contribution in [1.82, 2.24) is 4.98 Å². The molecule has 2 N–H and O–H groups in total. The Bertz CT molecular complexity index is 802. The first-order chi connectivity index (χ1) is 10.2. The first-order valence-corrected chi connectivity index (χ1v) is 6.70. The van der Waals surface area contributed by atoms with E-state index in [1.807, 2.05) is 31.2 Å². The first kappa shape index (κ1) is 13.5. The molecule has 3 aromatic rings. The number of rotatable bonds is 3. The first-order valence-electron chi connectivity index (χ1n) is 6.70. The van der Waals surface area contributed by atoms with Gasteiger partial charge in [-0.2, -0.15) is 0 Å². The van der Waals surface area contributed by atoms with Crippen molar-refractivity contribution in [3.63, 3.8) is 0 Å². The molecule has 1 aromatic heterocycles. The van der Waals surface area contributed by atoms with E-state index in [9.17, 15) is 4.39 Å². The summed E-state index contributed by atoms with van der Waals surface area (Å²) in [6, 6.07) is 14.2. The summed E-state index contributed by atoms with van der Waals surface area (Å²) in [7, 11) is 0. The van der Waals surface area contributed by atoms with Gasteiger partial charge in [0, 0.05) is 17.6 Å². The van der Waals surface area contributed by atoms with Gasteiger partial charge in [-0.25, -0.2) is 9.37 Å². The average molecular weight is 282 g/mol. The number of nitrogens with two attached hydrogens (primary N) is 1. The number of para-hydroxylation sites is 1. The summed E-state index contributed by atoms with van der Waals surface area (Å²) >= 11 is 0. The lowest BCUT2D eigenvalue weighted by atomic mass is 10.2. The van der Waals surface area contributed by atoms with Gasteiger partial charge in [0.25, 0.3) is 0 Å². The molecule has 2 aromatic carbocycles. The lowest BCUT2D eigenvalue weighted by Crippen LogP contribution is -1.98. The lowest BCUT2D eigenvalue weighted by Gasteiger charge is -2.10. The number of halogens is 1. The van der Waals surface area contributed by atoms with Crippen LogP contribution in [0.1, 0.15) is 11.3 Å². The Morgan fingerprint density at radius 2 is 1.95 bits per heavy atom. The number of hydrogen-bond acceptors (Lipinski definition) is 3. The van der Waals surface area contributed by atoms with Crippen LogP contribution in [0, 0.1) is 12.7 Å². The summed E-state index contributed by atoms with van der Waals surface area (Å²) in [5.41, 5.74) is 7.83. The minimum atomic E-state index is -0.428. The highest BCUT2D eigenvalue weighted by atomic mass is 19.1. The van der Waals surface area contributed by atoms with Gasteiger partial charge < -0.3 is 10.5 Å². The Morgan fingerprint density at radius 1 is 1.10 bits per heavy atom. The fraction of sp³-hybridized carbons (Fsp3) is 0.118. The normalized spacial score (nSPS) is 10.8. The summed E-state index contributed by atoms with van der Waals surface area (Å²) < 4.78 is 19.7. The van der Waals surface area contributed by atoms with Crippen molar-refractivity contribution in [1.29, 1.82) is 0 Å². The van der Waals surface area contributed by atoms with E-state index in [4.69, 9.17) is 10.5 Å². The number of ether oxygens (including phenoxy) is 1. The van der Waals surface area contributed by atoms with Crippen LogP contribution in [0.5, 0.6) is 11.5 Å². The van der Waals surface area contributed by atoms with Crippen molar-refractivity contribution in [3.05, 3.63) is 65.6 Å². The highest BCUT2D eigenvalue weighted by Crippen LogP contribution is 2.30. The van der Waals surface area contributed by atoms with Gasteiger partial charge in [-0.15, -0.1) is 0 Å². The Labute approximate surface area is 122 Å². The van der Waals surface area contributed by atoms with Crippen molar-refractivity contribution in [3.8, 4) is 11.5 Å². The van der Waals surface area contributed by atoms with Crippen molar-refractivity contribution in [2.75, 3.05) is 0 Å². The number of nitrogens with zero attached hydrogens (tertiary/aromatic N) is 1. The largest absolute Gasteiger partial charge is 0.452 e. The van der Waals surface area contributed by atoms with Crippen molar-refractivity contribution >= 4 is 10.9 Å². The molecular weight excluding hydrogens is 267 g/mol. The molecule has 4 heteroatoms. The van der Waals surface area contributed by atoms with E-state index in [-0.39, 0.29) is 5.75 Å². The Hall–Kier alpha value is -2.46. The second-order valence-corrected chi connectivity index (χ2v) is 4.85. The van der Waals surface area contributed by atoms with Crippen LogP contribution in [0.2, 0.25) is 0 Å². The molecule has 106 valence electrons. The minimum absolute atomic E-state index is 0.169. The smallest absolute Gasteiger partial charge is 0.166 e. The number of benzene rings is 2. The highest BCUT2D eigenvalue weighted by molar-refractivity contribution is 5.84. The molecule has 3 rings (SSSR count). The number of pyridine rings is 1. The molecule has 0 saturated heterocycles. The second kappa shape index (κ2) is 5.50. The van der Waals surface area contributed by atoms with E-state index in [0.717, 1.165) is 22.2 Å². The molecule has 0 aliphatic heterocycles. The molecule has 0 atom stereocenters. The van der Waals surface area contributed by atoms with E-state index in [2.05, 4.69) is 4.98 Å². The van der Waals surface area contributed by atoms with Crippen LogP contribution in [0.4, 0.5) is 4.39 Å². The molecule has 0 unspecified atom stereocenters. The van der Waals surface area contributed by atoms with Crippen LogP contribution in [-0.4, -0.2) is 4.98 Å². The zero-order valence-corrected chi connectivity index (χ0v) is 11.6. The van der Waals surface area contributed by atoms with Gasteiger partial charge in [-0.1, -0.05) is 24.3 Å². The van der Waals surface area contributed by atoms with Crippen LogP contribution in [0.3, 0.4) is 0 Å². The maximum Gasteiger partial charge on any atom is 0.166 e. The van der Waals surface area contributed by atoms with Crippen LogP contribution >= 0.6 is 0 Å². The molecule has 0 amide bonds. The molecule has 0 fully saturated rings. The van der Waals surface area contributed by atoms with Gasteiger partial charge in [-0.3, -0.25) is 0 Å². The van der Waals surface area contributed by atoms with E-state index in [0.29, 0.717) is 12.3 Å². The van der Waals surface area contributed by atoms with Crippen LogP contribution in [-0.2, 0) is 6.54 Å². The third-order valence-electron chi connectivity index (χ3n) is 3.27. The predicted molar refractivity (Wildman–Crippen MR) is 80.8 cm³/mol. The van der Waals surface area contributed by atoms with Crippen LogP contribution in [0.15, 0.2) is 48.5 Å². The van der Waals surface area contributed by atoms with Crippen LogP contribution in [0.25, 0.3) is 10.9 Å².